The van der Waals surface area contributed by atoms with Crippen LogP contribution in [-0.2, 0) is 32.7 Å². The number of unbranched alkanes of at least 4 members (excludes halogenated alkanes) is 17. The third kappa shape index (κ3) is 64.8. The minimum absolute atomic E-state index is 0.0428. The van der Waals surface area contributed by atoms with Crippen LogP contribution in [-0.4, -0.2) is 70.0 Å². The zero-order valence-electron chi connectivity index (χ0n) is 52.6. The maximum atomic E-state index is 12.8. The molecule has 0 saturated carbocycles. The Morgan fingerprint density at radius 3 is 0.976 bits per heavy atom. The van der Waals surface area contributed by atoms with Gasteiger partial charge in [0.2, 0.25) is 0 Å². The van der Waals surface area contributed by atoms with Crippen LogP contribution in [0.4, 0.5) is 0 Å². The SMILES string of the molecule is CC/C=C\C/C=C\C/C=C\C/C=C\C/C=C\C/C=C\C/C=C\CCCCCCCCCC(=O)OC(COC(=O)CCCCCCCCCCCC/C=C\C/C=C\C/C=C\C/C=C\C/C=C\C/C=C\CC)COP(=O)([O-])OCC[N+](C)(C)C. The summed E-state index contributed by atoms with van der Waals surface area (Å²) >= 11 is 0. The molecular formula is C72H118NO8P. The smallest absolute Gasteiger partial charge is 0.306 e. The predicted molar refractivity (Wildman–Crippen MR) is 350 cm³/mol. The highest BCUT2D eigenvalue weighted by molar-refractivity contribution is 7.45. The van der Waals surface area contributed by atoms with E-state index >= 15 is 0 Å². The van der Waals surface area contributed by atoms with E-state index < -0.39 is 32.5 Å². The molecule has 464 valence electrons. The van der Waals surface area contributed by atoms with E-state index in [0.717, 1.165) is 141 Å². The number of rotatable bonds is 57. The van der Waals surface area contributed by atoms with Gasteiger partial charge in [-0.2, -0.15) is 0 Å². The first-order valence-electron chi connectivity index (χ1n) is 32.2. The van der Waals surface area contributed by atoms with Crippen LogP contribution in [0.5, 0.6) is 0 Å². The number of carbonyl (C=O) groups excluding carboxylic acids is 2. The molecule has 0 bridgehead atoms. The average Bonchev–Trinajstić information content (AvgIpc) is 3.45. The Morgan fingerprint density at radius 1 is 0.378 bits per heavy atom. The molecule has 82 heavy (non-hydrogen) atoms. The van der Waals surface area contributed by atoms with Crippen molar-refractivity contribution in [1.29, 1.82) is 0 Å². The summed E-state index contributed by atoms with van der Waals surface area (Å²) in [4.78, 5) is 38.0. The summed E-state index contributed by atoms with van der Waals surface area (Å²) in [7, 11) is 1.13. The van der Waals surface area contributed by atoms with E-state index in [1.165, 1.54) is 51.4 Å². The summed E-state index contributed by atoms with van der Waals surface area (Å²) in [6.07, 6.45) is 91.5. The first-order chi connectivity index (χ1) is 40.0. The van der Waals surface area contributed by atoms with Gasteiger partial charge >= 0.3 is 11.9 Å². The lowest BCUT2D eigenvalue weighted by atomic mass is 10.1. The molecular weight excluding hydrogens is 1040 g/mol. The summed E-state index contributed by atoms with van der Waals surface area (Å²) in [5.74, 6) is -0.862. The predicted octanol–water partition coefficient (Wildman–Crippen LogP) is 20.2. The molecule has 0 aromatic heterocycles. The lowest BCUT2D eigenvalue weighted by Crippen LogP contribution is -2.37. The summed E-state index contributed by atoms with van der Waals surface area (Å²) in [5, 5.41) is 0. The van der Waals surface area contributed by atoms with Crippen LogP contribution >= 0.6 is 7.82 Å². The number of likely N-dealkylation sites (N-methyl/N-ethyl adjacent to an activating group) is 1. The monoisotopic (exact) mass is 1160 g/mol. The minimum atomic E-state index is -4.66. The molecule has 0 radical (unpaired) electrons. The van der Waals surface area contributed by atoms with Crippen LogP contribution in [0.1, 0.15) is 232 Å². The van der Waals surface area contributed by atoms with E-state index in [9.17, 15) is 19.0 Å². The minimum Gasteiger partial charge on any atom is -0.756 e. The number of hydrogen-bond acceptors (Lipinski definition) is 8. The first kappa shape index (κ1) is 77.6. The van der Waals surface area contributed by atoms with E-state index in [0.29, 0.717) is 23.9 Å². The molecule has 2 unspecified atom stereocenters. The first-order valence-corrected chi connectivity index (χ1v) is 33.7. The topological polar surface area (TPSA) is 111 Å². The van der Waals surface area contributed by atoms with E-state index in [1.807, 2.05) is 21.1 Å². The van der Waals surface area contributed by atoms with Crippen LogP contribution in [0, 0.1) is 0 Å². The Kier molecular flexibility index (Phi) is 57.9. The average molecular weight is 1160 g/mol. The lowest BCUT2D eigenvalue weighted by Gasteiger charge is -2.28. The van der Waals surface area contributed by atoms with Gasteiger partial charge in [-0.3, -0.25) is 14.2 Å². The number of carbonyl (C=O) groups is 2. The van der Waals surface area contributed by atoms with Gasteiger partial charge in [0.05, 0.1) is 27.7 Å². The number of esters is 2. The van der Waals surface area contributed by atoms with Crippen LogP contribution in [0.2, 0.25) is 0 Å². The van der Waals surface area contributed by atoms with Crippen molar-refractivity contribution in [3.8, 4) is 0 Å². The quantitative estimate of drug-likeness (QED) is 0.0195. The molecule has 0 saturated heterocycles. The zero-order valence-corrected chi connectivity index (χ0v) is 53.5. The van der Waals surface area contributed by atoms with Crippen molar-refractivity contribution in [2.45, 2.75) is 238 Å². The summed E-state index contributed by atoms with van der Waals surface area (Å²) in [5.41, 5.74) is 0. The number of quaternary nitrogens is 1. The Morgan fingerprint density at radius 2 is 0.659 bits per heavy atom. The van der Waals surface area contributed by atoms with Gasteiger partial charge in [-0.05, 0) is 122 Å². The molecule has 10 heteroatoms. The number of phosphoric acid groups is 1. The molecule has 0 aliphatic heterocycles. The van der Waals surface area contributed by atoms with Gasteiger partial charge in [0.1, 0.15) is 19.8 Å². The second kappa shape index (κ2) is 61.2. The van der Waals surface area contributed by atoms with E-state index in [1.54, 1.807) is 0 Å². The molecule has 0 aromatic carbocycles. The van der Waals surface area contributed by atoms with Gasteiger partial charge < -0.3 is 27.9 Å². The van der Waals surface area contributed by atoms with Crippen LogP contribution < -0.4 is 4.89 Å². The lowest BCUT2D eigenvalue weighted by molar-refractivity contribution is -0.870. The molecule has 0 heterocycles. The van der Waals surface area contributed by atoms with Gasteiger partial charge in [-0.25, -0.2) is 0 Å². The highest BCUT2D eigenvalue weighted by Crippen LogP contribution is 2.38. The van der Waals surface area contributed by atoms with Crippen molar-refractivity contribution < 1.29 is 42.1 Å². The molecule has 0 N–H and O–H groups in total. The van der Waals surface area contributed by atoms with Gasteiger partial charge in [0.15, 0.2) is 6.10 Å². The summed E-state index contributed by atoms with van der Waals surface area (Å²) in [6.45, 7) is 3.98. The molecule has 9 nitrogen and oxygen atoms in total. The Balaban J connectivity index is 4.20. The molecule has 0 rings (SSSR count). The molecule has 0 aliphatic rings. The van der Waals surface area contributed by atoms with E-state index in [-0.39, 0.29) is 26.1 Å². The van der Waals surface area contributed by atoms with Crippen molar-refractivity contribution >= 4 is 19.8 Å². The van der Waals surface area contributed by atoms with Crippen molar-refractivity contribution in [2.24, 2.45) is 0 Å². The fourth-order valence-corrected chi connectivity index (χ4v) is 8.90. The molecule has 0 aliphatic carbocycles. The standard InChI is InChI=1S/C72H118NO8P/c1-6-8-10-12-14-16-18-20-22-24-26-28-30-32-34-36-38-40-42-44-46-48-50-52-54-56-58-60-62-64-71(74)78-68-70(69-80-82(76,77)79-67-66-73(3,4)5)81-72(75)65-63-61-59-57-55-53-51-49-47-45-43-41-39-37-35-33-31-29-27-25-23-21-19-17-15-13-11-9-7-2/h8-11,14-17,20-23,26-29,32-35,38-41,45,47,70H,6-7,12-13,18-19,24-25,30-31,36-37,42-44,46,48-69H2,1-5H3/b10-8-,11-9-,16-14-,17-15-,22-20-,23-21-,28-26-,29-27-,34-32-,35-33-,40-38-,41-39-,47-45-. The highest BCUT2D eigenvalue weighted by Gasteiger charge is 2.22. The fourth-order valence-electron chi connectivity index (χ4n) is 8.17. The zero-order chi connectivity index (χ0) is 59.8. The Bertz CT molecular complexity index is 1940. The number of allylic oxidation sites excluding steroid dienone is 26. The van der Waals surface area contributed by atoms with Crippen LogP contribution in [0.3, 0.4) is 0 Å². The maximum absolute atomic E-state index is 12.8. The second-order valence-electron chi connectivity index (χ2n) is 22.0. The summed E-state index contributed by atoms with van der Waals surface area (Å²) < 4.78 is 34.2. The van der Waals surface area contributed by atoms with Gasteiger partial charge in [0, 0.05) is 12.8 Å². The second-order valence-corrected chi connectivity index (χ2v) is 23.4. The maximum Gasteiger partial charge on any atom is 0.306 e. The van der Waals surface area contributed by atoms with E-state index in [4.69, 9.17) is 18.5 Å². The van der Waals surface area contributed by atoms with E-state index in [2.05, 4.69) is 172 Å². The highest BCUT2D eigenvalue weighted by atomic mass is 31.2. The number of nitrogens with zero attached hydrogens (tertiary/aromatic N) is 1. The number of hydrogen-bond donors (Lipinski definition) is 0. The van der Waals surface area contributed by atoms with Crippen molar-refractivity contribution in [3.63, 3.8) is 0 Å². The Hall–Kier alpha value is -4.37. The Labute approximate surface area is 503 Å². The molecule has 0 aromatic rings. The third-order valence-electron chi connectivity index (χ3n) is 13.0. The van der Waals surface area contributed by atoms with Crippen molar-refractivity contribution in [2.75, 3.05) is 47.5 Å². The molecule has 2 atom stereocenters. The third-order valence-corrected chi connectivity index (χ3v) is 14.0. The molecule has 0 spiro atoms. The van der Waals surface area contributed by atoms with Crippen LogP contribution in [0.25, 0.3) is 0 Å². The van der Waals surface area contributed by atoms with Crippen molar-refractivity contribution in [3.05, 3.63) is 158 Å². The van der Waals surface area contributed by atoms with Crippen molar-refractivity contribution in [1.82, 2.24) is 0 Å². The van der Waals surface area contributed by atoms with Gasteiger partial charge in [0.25, 0.3) is 7.82 Å². The van der Waals surface area contributed by atoms with Gasteiger partial charge in [-0.15, -0.1) is 0 Å². The van der Waals surface area contributed by atoms with Crippen LogP contribution in [0.15, 0.2) is 158 Å². The normalized spacial score (nSPS) is 14.3. The van der Waals surface area contributed by atoms with Gasteiger partial charge in [-0.1, -0.05) is 255 Å². The fraction of sp³-hybridized carbons (Fsp3) is 0.611. The molecule has 0 amide bonds. The summed E-state index contributed by atoms with van der Waals surface area (Å²) in [6, 6.07) is 0. The number of phosphoric ester groups is 1. The molecule has 0 fully saturated rings. The number of ether oxygens (including phenoxy) is 2. The largest absolute Gasteiger partial charge is 0.756 e.